The summed E-state index contributed by atoms with van der Waals surface area (Å²) in [6.07, 6.45) is 3.02. The Morgan fingerprint density at radius 1 is 1.24 bits per heavy atom. The number of hydrogen-bond donors (Lipinski definition) is 2. The zero-order chi connectivity index (χ0) is 17.6. The van der Waals surface area contributed by atoms with Crippen LogP contribution in [-0.4, -0.2) is 25.2 Å². The predicted octanol–water partition coefficient (Wildman–Crippen LogP) is 2.57. The number of nitrogens with two attached hydrogens (primary N) is 1. The number of fused-ring (bicyclic) bond motifs is 4. The average molecular weight is 336 g/mol. The molecular weight excluding hydrogens is 316 g/mol. The van der Waals surface area contributed by atoms with Crippen LogP contribution in [0.1, 0.15) is 35.7 Å². The van der Waals surface area contributed by atoms with Gasteiger partial charge in [0, 0.05) is 29.8 Å². The molecule has 0 saturated carbocycles. The molecule has 2 atom stereocenters. The molecule has 0 unspecified atom stereocenters. The minimum Gasteiger partial charge on any atom is -0.493 e. The van der Waals surface area contributed by atoms with Gasteiger partial charge in [-0.3, -0.25) is 0 Å². The Kier molecular flexibility index (Phi) is 3.74. The largest absolute Gasteiger partial charge is 0.493 e. The second-order valence-corrected chi connectivity index (χ2v) is 6.49. The van der Waals surface area contributed by atoms with Crippen LogP contribution in [0.2, 0.25) is 0 Å². The van der Waals surface area contributed by atoms with Crippen molar-refractivity contribution < 1.29 is 9.47 Å². The zero-order valence-corrected chi connectivity index (χ0v) is 14.3. The summed E-state index contributed by atoms with van der Waals surface area (Å²) in [6, 6.07) is 8.62. The van der Waals surface area contributed by atoms with Gasteiger partial charge in [0.15, 0.2) is 11.5 Å². The van der Waals surface area contributed by atoms with E-state index in [1.807, 2.05) is 18.2 Å². The van der Waals surface area contributed by atoms with E-state index in [1.54, 1.807) is 14.2 Å². The van der Waals surface area contributed by atoms with Crippen molar-refractivity contribution in [3.63, 3.8) is 0 Å². The highest BCUT2D eigenvalue weighted by Gasteiger charge is 2.36. The van der Waals surface area contributed by atoms with Gasteiger partial charge in [-0.05, 0) is 36.1 Å². The van der Waals surface area contributed by atoms with E-state index < -0.39 is 0 Å². The van der Waals surface area contributed by atoms with Gasteiger partial charge >= 0.3 is 0 Å². The fraction of sp³-hybridized carbons (Fsp3) is 0.368. The van der Waals surface area contributed by atoms with Gasteiger partial charge in [0.2, 0.25) is 0 Å². The number of aromatic nitrogens is 1. The van der Waals surface area contributed by atoms with Crippen LogP contribution in [0, 0.1) is 11.3 Å². The van der Waals surface area contributed by atoms with Crippen LogP contribution in [0.5, 0.6) is 11.5 Å². The molecule has 1 aromatic heterocycles. The standard InChI is InChI=1S/C19H20N4O2/c1-24-15-6-3-10(7-16(15)25-2)17-12(9-20)19(21)23-14-8-11-4-5-13(22-11)18(14)17/h3,6-7,11,13,22H,4-5,8H2,1-2H3,(H2,21,23)/t11-,13+/m0/s1. The minimum absolute atomic E-state index is 0.219. The highest BCUT2D eigenvalue weighted by atomic mass is 16.5. The number of anilines is 1. The van der Waals surface area contributed by atoms with E-state index in [4.69, 9.17) is 15.2 Å². The number of nitrogens with zero attached hydrogens (tertiary/aromatic N) is 2. The molecule has 2 aliphatic rings. The molecule has 3 N–H and O–H groups in total. The molecule has 0 amide bonds. The Hall–Kier alpha value is -2.78. The average Bonchev–Trinajstić information content (AvgIpc) is 3.01. The number of methoxy groups -OCH3 is 2. The van der Waals surface area contributed by atoms with E-state index in [0.29, 0.717) is 28.9 Å². The van der Waals surface area contributed by atoms with Crippen molar-refractivity contribution in [3.8, 4) is 28.7 Å². The smallest absolute Gasteiger partial charge is 0.161 e. The molecule has 25 heavy (non-hydrogen) atoms. The monoisotopic (exact) mass is 336 g/mol. The van der Waals surface area contributed by atoms with Crippen LogP contribution in [-0.2, 0) is 6.42 Å². The van der Waals surface area contributed by atoms with Crippen molar-refractivity contribution in [2.75, 3.05) is 20.0 Å². The van der Waals surface area contributed by atoms with Crippen molar-refractivity contribution in [2.24, 2.45) is 0 Å². The maximum atomic E-state index is 9.71. The van der Waals surface area contributed by atoms with Gasteiger partial charge in [-0.15, -0.1) is 0 Å². The molecule has 0 aliphatic carbocycles. The highest BCUT2D eigenvalue weighted by Crippen LogP contribution is 2.44. The number of nitriles is 1. The second-order valence-electron chi connectivity index (χ2n) is 6.49. The van der Waals surface area contributed by atoms with Crippen molar-refractivity contribution in [1.29, 1.82) is 5.26 Å². The summed E-state index contributed by atoms with van der Waals surface area (Å²) in [5, 5.41) is 13.3. The number of benzene rings is 1. The third-order valence-electron chi connectivity index (χ3n) is 5.15. The van der Waals surface area contributed by atoms with Crippen LogP contribution < -0.4 is 20.5 Å². The number of pyridine rings is 1. The zero-order valence-electron chi connectivity index (χ0n) is 14.3. The lowest BCUT2D eigenvalue weighted by Crippen LogP contribution is -2.33. The topological polar surface area (TPSA) is 93.2 Å². The van der Waals surface area contributed by atoms with Crippen molar-refractivity contribution in [3.05, 3.63) is 35.0 Å². The van der Waals surface area contributed by atoms with Gasteiger partial charge in [-0.25, -0.2) is 4.98 Å². The number of nitrogens with one attached hydrogen (secondary N) is 1. The second kappa shape index (κ2) is 5.94. The van der Waals surface area contributed by atoms with Crippen molar-refractivity contribution in [1.82, 2.24) is 10.3 Å². The van der Waals surface area contributed by atoms with E-state index in [9.17, 15) is 5.26 Å². The normalized spacial score (nSPS) is 20.7. The maximum absolute atomic E-state index is 9.71. The predicted molar refractivity (Wildman–Crippen MR) is 94.5 cm³/mol. The van der Waals surface area contributed by atoms with Gasteiger partial charge in [-0.1, -0.05) is 6.07 Å². The van der Waals surface area contributed by atoms with Crippen LogP contribution in [0.3, 0.4) is 0 Å². The van der Waals surface area contributed by atoms with Gasteiger partial charge < -0.3 is 20.5 Å². The van der Waals surface area contributed by atoms with Crippen LogP contribution in [0.15, 0.2) is 18.2 Å². The molecule has 2 aliphatic heterocycles. The van der Waals surface area contributed by atoms with Crippen molar-refractivity contribution >= 4 is 5.82 Å². The van der Waals surface area contributed by atoms with Gasteiger partial charge in [0.05, 0.1) is 14.2 Å². The summed E-state index contributed by atoms with van der Waals surface area (Å²) in [4.78, 5) is 4.55. The maximum Gasteiger partial charge on any atom is 0.161 e. The Labute approximate surface area is 146 Å². The lowest BCUT2D eigenvalue weighted by Gasteiger charge is -2.27. The molecular formula is C19H20N4O2. The molecule has 1 fully saturated rings. The summed E-state index contributed by atoms with van der Waals surface area (Å²) in [6.45, 7) is 0. The molecule has 6 nitrogen and oxygen atoms in total. The summed E-state index contributed by atoms with van der Waals surface area (Å²) in [5.74, 6) is 1.58. The molecule has 1 saturated heterocycles. The lowest BCUT2D eigenvalue weighted by atomic mass is 9.88. The SMILES string of the molecule is COc1ccc(-c2c(C#N)c(N)nc3c2[C@H]2CC[C@@H](C3)N2)cc1OC. The summed E-state index contributed by atoms with van der Waals surface area (Å²) < 4.78 is 10.8. The minimum atomic E-state index is 0.219. The number of hydrogen-bond acceptors (Lipinski definition) is 6. The van der Waals surface area contributed by atoms with Gasteiger partial charge in [-0.2, -0.15) is 5.26 Å². The first-order valence-electron chi connectivity index (χ1n) is 8.37. The third kappa shape index (κ3) is 2.39. The van der Waals surface area contributed by atoms with Crippen LogP contribution in [0.25, 0.3) is 11.1 Å². The highest BCUT2D eigenvalue weighted by molar-refractivity contribution is 5.81. The van der Waals surface area contributed by atoms with E-state index in [0.717, 1.165) is 41.6 Å². The first-order chi connectivity index (χ1) is 12.2. The Morgan fingerprint density at radius 2 is 2.04 bits per heavy atom. The fourth-order valence-corrected chi connectivity index (χ4v) is 4.05. The molecule has 6 heteroatoms. The van der Waals surface area contributed by atoms with E-state index >= 15 is 0 Å². The molecule has 4 rings (SSSR count). The van der Waals surface area contributed by atoms with Crippen molar-refractivity contribution in [2.45, 2.75) is 31.3 Å². The Balaban J connectivity index is 1.98. The van der Waals surface area contributed by atoms with E-state index in [1.165, 1.54) is 0 Å². The number of nitrogen functional groups attached to an aromatic ring is 1. The molecule has 0 spiro atoms. The summed E-state index contributed by atoms with van der Waals surface area (Å²) >= 11 is 0. The molecule has 2 aromatic rings. The molecule has 3 heterocycles. The number of ether oxygens (including phenoxy) is 2. The summed E-state index contributed by atoms with van der Waals surface area (Å²) in [7, 11) is 3.21. The van der Waals surface area contributed by atoms with Gasteiger partial charge in [0.25, 0.3) is 0 Å². The van der Waals surface area contributed by atoms with Crippen LogP contribution in [0.4, 0.5) is 5.82 Å². The Morgan fingerprint density at radius 3 is 2.76 bits per heavy atom. The van der Waals surface area contributed by atoms with E-state index in [-0.39, 0.29) is 6.04 Å². The Bertz CT molecular complexity index is 888. The van der Waals surface area contributed by atoms with Gasteiger partial charge in [0.1, 0.15) is 17.5 Å². The molecule has 128 valence electrons. The first-order valence-corrected chi connectivity index (χ1v) is 8.37. The molecule has 1 aromatic carbocycles. The summed E-state index contributed by atoms with van der Waals surface area (Å²) in [5.41, 5.74) is 10.4. The molecule has 0 radical (unpaired) electrons. The first kappa shape index (κ1) is 15.7. The lowest BCUT2D eigenvalue weighted by molar-refractivity contribution is 0.355. The third-order valence-corrected chi connectivity index (χ3v) is 5.15. The quantitative estimate of drug-likeness (QED) is 0.895. The van der Waals surface area contributed by atoms with Crippen LogP contribution >= 0.6 is 0 Å². The molecule has 2 bridgehead atoms. The number of rotatable bonds is 3. The van der Waals surface area contributed by atoms with E-state index in [2.05, 4.69) is 16.4 Å². The fourth-order valence-electron chi connectivity index (χ4n) is 4.05.